The van der Waals surface area contributed by atoms with Gasteiger partial charge < -0.3 is 24.1 Å². The normalized spacial score (nSPS) is 13.5. The minimum atomic E-state index is -2.10. The Morgan fingerprint density at radius 2 is 1.67 bits per heavy atom. The highest BCUT2D eigenvalue weighted by Gasteiger charge is 2.54. The van der Waals surface area contributed by atoms with Crippen molar-refractivity contribution < 1.29 is 33.6 Å². The molecular weight excluding hydrogens is 318 g/mol. The Hall–Kier alpha value is -2.63. The van der Waals surface area contributed by atoms with Crippen LogP contribution >= 0.6 is 0 Å². The molecule has 8 nitrogen and oxygen atoms in total. The van der Waals surface area contributed by atoms with E-state index in [0.717, 1.165) is 7.11 Å². The zero-order chi connectivity index (χ0) is 18.3. The van der Waals surface area contributed by atoms with Crippen LogP contribution in [0.15, 0.2) is 24.3 Å². The highest BCUT2D eigenvalue weighted by atomic mass is 16.7. The van der Waals surface area contributed by atoms with Gasteiger partial charge in [-0.1, -0.05) is 12.1 Å². The molecule has 0 aliphatic heterocycles. The Bertz CT molecular complexity index is 616. The van der Waals surface area contributed by atoms with Gasteiger partial charge in [0.15, 0.2) is 5.92 Å². The molecule has 0 spiro atoms. The largest absolute Gasteiger partial charge is 0.497 e. The maximum atomic E-state index is 12.3. The van der Waals surface area contributed by atoms with Gasteiger partial charge in [0.2, 0.25) is 0 Å². The second-order valence-corrected chi connectivity index (χ2v) is 4.76. The molecule has 0 heterocycles. The smallest absolute Gasteiger partial charge is 0.367 e. The van der Waals surface area contributed by atoms with E-state index in [4.69, 9.17) is 18.9 Å². The van der Waals surface area contributed by atoms with E-state index in [1.165, 1.54) is 33.5 Å². The third kappa shape index (κ3) is 3.48. The van der Waals surface area contributed by atoms with Crippen LogP contribution in [0, 0.1) is 17.2 Å². The van der Waals surface area contributed by atoms with Crippen LogP contribution < -0.4 is 4.74 Å². The second-order valence-electron chi connectivity index (χ2n) is 4.76. The Kier molecular flexibility index (Phi) is 6.70. The molecule has 0 saturated carbocycles. The number of ether oxygens (including phenoxy) is 4. The number of nitriles is 1. The van der Waals surface area contributed by atoms with Crippen LogP contribution in [0.3, 0.4) is 0 Å². The monoisotopic (exact) mass is 337 g/mol. The van der Waals surface area contributed by atoms with Crippen LogP contribution in [0.5, 0.6) is 5.75 Å². The molecule has 0 fully saturated rings. The summed E-state index contributed by atoms with van der Waals surface area (Å²) < 4.78 is 20.2. The summed E-state index contributed by atoms with van der Waals surface area (Å²) in [5, 5.41) is 18.7. The molecule has 0 aliphatic carbocycles. The van der Waals surface area contributed by atoms with Gasteiger partial charge in [0.1, 0.15) is 5.75 Å². The first kappa shape index (κ1) is 19.4. The lowest BCUT2D eigenvalue weighted by atomic mass is 9.79. The van der Waals surface area contributed by atoms with E-state index in [9.17, 15) is 20.0 Å². The van der Waals surface area contributed by atoms with Crippen molar-refractivity contribution >= 4 is 11.9 Å². The number of carboxylic acids is 1. The zero-order valence-corrected chi connectivity index (χ0v) is 13.8. The number of rotatable bonds is 8. The molecule has 1 N–H and O–H groups in total. The summed E-state index contributed by atoms with van der Waals surface area (Å²) >= 11 is 0. The standard InChI is InChI=1S/C16H19NO7/c1-21-11-7-5-10(6-8-11)13(12(9-17)14(18)19)16(23-3,24-4)15(20)22-2/h5-8,12-13H,1-4H3,(H,18,19)/t12-,13+/m0/s1. The van der Waals surface area contributed by atoms with Crippen LogP contribution in [0.2, 0.25) is 0 Å². The molecule has 0 radical (unpaired) electrons. The van der Waals surface area contributed by atoms with Crippen molar-refractivity contribution in [1.29, 1.82) is 5.26 Å². The summed E-state index contributed by atoms with van der Waals surface area (Å²) in [6, 6.07) is 7.90. The molecular formula is C16H19NO7. The summed E-state index contributed by atoms with van der Waals surface area (Å²) in [6.45, 7) is 0. The molecule has 1 aromatic rings. The highest BCUT2D eigenvalue weighted by molar-refractivity contribution is 5.83. The number of carbonyl (C=O) groups excluding carboxylic acids is 1. The van der Waals surface area contributed by atoms with Crippen molar-refractivity contribution in [1.82, 2.24) is 0 Å². The maximum Gasteiger partial charge on any atom is 0.367 e. The van der Waals surface area contributed by atoms with Gasteiger partial charge in [0.05, 0.1) is 26.2 Å². The van der Waals surface area contributed by atoms with Gasteiger partial charge in [-0.25, -0.2) is 4.79 Å². The molecule has 0 aromatic heterocycles. The minimum absolute atomic E-state index is 0.346. The van der Waals surface area contributed by atoms with Crippen LogP contribution in [-0.2, 0) is 23.8 Å². The minimum Gasteiger partial charge on any atom is -0.497 e. The van der Waals surface area contributed by atoms with Gasteiger partial charge in [-0.15, -0.1) is 0 Å². The van der Waals surface area contributed by atoms with Crippen LogP contribution in [0.1, 0.15) is 11.5 Å². The lowest BCUT2D eigenvalue weighted by Crippen LogP contribution is -2.52. The first-order valence-electron chi connectivity index (χ1n) is 6.86. The first-order valence-corrected chi connectivity index (χ1v) is 6.86. The van der Waals surface area contributed by atoms with E-state index < -0.39 is 29.6 Å². The van der Waals surface area contributed by atoms with Crippen LogP contribution in [0.4, 0.5) is 0 Å². The Labute approximate surface area is 139 Å². The first-order chi connectivity index (χ1) is 11.4. The third-order valence-corrected chi connectivity index (χ3v) is 3.70. The van der Waals surface area contributed by atoms with E-state index in [-0.39, 0.29) is 0 Å². The van der Waals surface area contributed by atoms with E-state index >= 15 is 0 Å². The molecule has 0 saturated heterocycles. The van der Waals surface area contributed by atoms with Crippen molar-refractivity contribution in [2.45, 2.75) is 11.7 Å². The van der Waals surface area contributed by atoms with E-state index in [1.54, 1.807) is 18.2 Å². The summed E-state index contributed by atoms with van der Waals surface area (Å²) in [5.41, 5.74) is 0.346. The quantitative estimate of drug-likeness (QED) is 0.555. The number of esters is 1. The Balaban J connectivity index is 3.59. The lowest BCUT2D eigenvalue weighted by molar-refractivity contribution is -0.240. The van der Waals surface area contributed by atoms with Gasteiger partial charge in [-0.2, -0.15) is 5.26 Å². The SMILES string of the molecule is COC(=O)C(OC)(OC)[C@H](c1ccc(OC)cc1)[C@H](C#N)C(=O)O. The predicted molar refractivity (Wildman–Crippen MR) is 81.2 cm³/mol. The van der Waals surface area contributed by atoms with Crippen molar-refractivity contribution in [3.63, 3.8) is 0 Å². The van der Waals surface area contributed by atoms with Crippen LogP contribution in [0.25, 0.3) is 0 Å². The fraction of sp³-hybridized carbons (Fsp3) is 0.438. The molecule has 8 heteroatoms. The fourth-order valence-electron chi connectivity index (χ4n) is 2.49. The number of aliphatic carboxylic acids is 1. The Morgan fingerprint density at radius 3 is 2.00 bits per heavy atom. The topological polar surface area (TPSA) is 115 Å². The number of methoxy groups -OCH3 is 4. The molecule has 0 amide bonds. The fourth-order valence-corrected chi connectivity index (χ4v) is 2.49. The van der Waals surface area contributed by atoms with Crippen molar-refractivity contribution in [2.24, 2.45) is 5.92 Å². The lowest BCUT2D eigenvalue weighted by Gasteiger charge is -2.36. The summed E-state index contributed by atoms with van der Waals surface area (Å²) in [5.74, 6) is -6.82. The highest BCUT2D eigenvalue weighted by Crippen LogP contribution is 2.39. The summed E-state index contributed by atoms with van der Waals surface area (Å²) in [4.78, 5) is 23.8. The van der Waals surface area contributed by atoms with Gasteiger partial charge in [0.25, 0.3) is 5.79 Å². The van der Waals surface area contributed by atoms with E-state index in [1.807, 2.05) is 0 Å². The molecule has 130 valence electrons. The summed E-state index contributed by atoms with van der Waals surface area (Å²) in [6.07, 6.45) is 0. The number of carbonyl (C=O) groups is 2. The molecule has 0 aliphatic rings. The molecule has 0 bridgehead atoms. The predicted octanol–water partition coefficient (Wildman–Crippen LogP) is 1.17. The van der Waals surface area contributed by atoms with Gasteiger partial charge in [-0.3, -0.25) is 4.79 Å². The van der Waals surface area contributed by atoms with Gasteiger partial charge in [0, 0.05) is 14.2 Å². The molecule has 0 unspecified atom stereocenters. The Morgan fingerprint density at radius 1 is 1.12 bits per heavy atom. The van der Waals surface area contributed by atoms with Gasteiger partial charge in [-0.05, 0) is 17.7 Å². The average Bonchev–Trinajstić information content (AvgIpc) is 2.61. The average molecular weight is 337 g/mol. The van der Waals surface area contributed by atoms with Crippen molar-refractivity contribution in [3.8, 4) is 11.8 Å². The molecule has 1 aromatic carbocycles. The number of carboxylic acid groups (broad SMARTS) is 1. The number of hydrogen-bond donors (Lipinski definition) is 1. The number of hydrogen-bond acceptors (Lipinski definition) is 7. The third-order valence-electron chi connectivity index (χ3n) is 3.70. The van der Waals surface area contributed by atoms with Gasteiger partial charge >= 0.3 is 11.9 Å². The maximum absolute atomic E-state index is 12.3. The van der Waals surface area contributed by atoms with E-state index in [2.05, 4.69) is 0 Å². The molecule has 24 heavy (non-hydrogen) atoms. The number of nitrogens with zero attached hydrogens (tertiary/aromatic N) is 1. The second kappa shape index (κ2) is 8.29. The van der Waals surface area contributed by atoms with Crippen LogP contribution in [-0.4, -0.2) is 51.3 Å². The summed E-state index contributed by atoms with van der Waals surface area (Å²) in [7, 11) is 4.94. The molecule has 1 rings (SSSR count). The van der Waals surface area contributed by atoms with Crippen molar-refractivity contribution in [2.75, 3.05) is 28.4 Å². The van der Waals surface area contributed by atoms with Crippen molar-refractivity contribution in [3.05, 3.63) is 29.8 Å². The molecule has 2 atom stereocenters. The number of benzene rings is 1. The van der Waals surface area contributed by atoms with E-state index in [0.29, 0.717) is 11.3 Å². The zero-order valence-electron chi connectivity index (χ0n) is 13.8.